The smallest absolute Gasteiger partial charge is 0.254 e. The highest BCUT2D eigenvalue weighted by molar-refractivity contribution is 5.96. The van der Waals surface area contributed by atoms with E-state index in [1.165, 1.54) is 12.1 Å². The molecule has 1 aliphatic heterocycles. The van der Waals surface area contributed by atoms with E-state index >= 15 is 0 Å². The van der Waals surface area contributed by atoms with Crippen LogP contribution in [0.3, 0.4) is 0 Å². The van der Waals surface area contributed by atoms with Gasteiger partial charge in [0.05, 0.1) is 11.9 Å². The fourth-order valence-corrected chi connectivity index (χ4v) is 4.04. The van der Waals surface area contributed by atoms with Gasteiger partial charge in [0.25, 0.3) is 5.91 Å². The van der Waals surface area contributed by atoms with Crippen molar-refractivity contribution in [2.24, 2.45) is 0 Å². The predicted molar refractivity (Wildman–Crippen MR) is 123 cm³/mol. The summed E-state index contributed by atoms with van der Waals surface area (Å²) in [5, 5.41) is 16.0. The first-order chi connectivity index (χ1) is 16.0. The van der Waals surface area contributed by atoms with Crippen molar-refractivity contribution in [2.75, 3.05) is 31.5 Å². The first kappa shape index (κ1) is 20.9. The molecule has 1 amide bonds. The van der Waals surface area contributed by atoms with E-state index < -0.39 is 11.6 Å². The first-order valence-electron chi connectivity index (χ1n) is 10.7. The van der Waals surface area contributed by atoms with E-state index in [2.05, 4.69) is 20.6 Å². The first-order valence-corrected chi connectivity index (χ1v) is 10.7. The van der Waals surface area contributed by atoms with Crippen LogP contribution in [0.4, 0.5) is 15.9 Å². The Bertz CT molecular complexity index is 1350. The Kier molecular flexibility index (Phi) is 5.39. The molecule has 0 saturated carbocycles. The highest BCUT2D eigenvalue weighted by Gasteiger charge is 2.20. The minimum absolute atomic E-state index is 0.0415. The number of amides is 1. The van der Waals surface area contributed by atoms with Crippen molar-refractivity contribution in [3.05, 3.63) is 71.9 Å². The SMILES string of the molecule is Cc1cc(Nc2nccn3c(-c4ccc(O)c(F)c4)cnc23)ccc1C(=O)N1CCNCC1. The molecule has 1 saturated heterocycles. The van der Waals surface area contributed by atoms with Gasteiger partial charge in [0.1, 0.15) is 0 Å². The Morgan fingerprint density at radius 1 is 1.15 bits per heavy atom. The molecule has 0 unspecified atom stereocenters. The lowest BCUT2D eigenvalue weighted by atomic mass is 10.1. The van der Waals surface area contributed by atoms with Crippen LogP contribution in [0, 0.1) is 12.7 Å². The molecule has 168 valence electrons. The second-order valence-electron chi connectivity index (χ2n) is 7.98. The summed E-state index contributed by atoms with van der Waals surface area (Å²) in [6.07, 6.45) is 5.01. The lowest BCUT2D eigenvalue weighted by molar-refractivity contribution is 0.0735. The Morgan fingerprint density at radius 3 is 2.73 bits per heavy atom. The van der Waals surface area contributed by atoms with Gasteiger partial charge < -0.3 is 20.6 Å². The number of rotatable bonds is 4. The van der Waals surface area contributed by atoms with Crippen LogP contribution in [0.15, 0.2) is 55.0 Å². The third-order valence-corrected chi connectivity index (χ3v) is 5.80. The lowest BCUT2D eigenvalue weighted by Crippen LogP contribution is -2.46. The largest absolute Gasteiger partial charge is 0.505 e. The summed E-state index contributed by atoms with van der Waals surface area (Å²) in [6, 6.07) is 9.82. The summed E-state index contributed by atoms with van der Waals surface area (Å²) in [6.45, 7) is 4.95. The standard InChI is InChI=1S/C24H23FN6O2/c1-15-12-17(3-4-18(15)24(33)30-9-6-26-7-10-30)29-22-23-28-14-20(31(23)11-8-27-22)16-2-5-21(32)19(25)13-16/h2-5,8,11-14,26,32H,6-7,9-10H2,1H3,(H,27,29). The number of benzene rings is 2. The molecule has 1 fully saturated rings. The lowest BCUT2D eigenvalue weighted by Gasteiger charge is -2.28. The average Bonchev–Trinajstić information content (AvgIpc) is 3.26. The predicted octanol–water partition coefficient (Wildman–Crippen LogP) is 3.34. The van der Waals surface area contributed by atoms with Crippen LogP contribution in [-0.2, 0) is 0 Å². The third kappa shape index (κ3) is 3.98. The van der Waals surface area contributed by atoms with Gasteiger partial charge in [0, 0.05) is 55.4 Å². The molecule has 2 aromatic carbocycles. The van der Waals surface area contributed by atoms with Crippen molar-refractivity contribution in [3.8, 4) is 17.0 Å². The number of carbonyl (C=O) groups is 1. The minimum atomic E-state index is -0.694. The van der Waals surface area contributed by atoms with Crippen molar-refractivity contribution in [1.29, 1.82) is 0 Å². The van der Waals surface area contributed by atoms with E-state index in [1.807, 2.05) is 30.0 Å². The topological polar surface area (TPSA) is 94.8 Å². The Labute approximate surface area is 189 Å². The van der Waals surface area contributed by atoms with E-state index in [0.29, 0.717) is 41.4 Å². The van der Waals surface area contributed by atoms with E-state index in [0.717, 1.165) is 24.3 Å². The van der Waals surface area contributed by atoms with Crippen LogP contribution in [0.25, 0.3) is 16.9 Å². The zero-order valence-electron chi connectivity index (χ0n) is 18.0. The van der Waals surface area contributed by atoms with Gasteiger partial charge in [-0.1, -0.05) is 0 Å². The van der Waals surface area contributed by atoms with Gasteiger partial charge in [-0.05, 0) is 48.9 Å². The number of piperazine rings is 1. The summed E-state index contributed by atoms with van der Waals surface area (Å²) in [5.74, 6) is -0.519. The molecule has 3 heterocycles. The van der Waals surface area contributed by atoms with Crippen molar-refractivity contribution < 1.29 is 14.3 Å². The number of hydrogen-bond acceptors (Lipinski definition) is 6. The van der Waals surface area contributed by atoms with Crippen LogP contribution < -0.4 is 10.6 Å². The quantitative estimate of drug-likeness (QED) is 0.445. The summed E-state index contributed by atoms with van der Waals surface area (Å²) < 4.78 is 15.7. The Hall–Kier alpha value is -3.98. The second kappa shape index (κ2) is 8.51. The molecule has 2 aromatic heterocycles. The molecule has 0 radical (unpaired) electrons. The van der Waals surface area contributed by atoms with Gasteiger partial charge in [-0.15, -0.1) is 0 Å². The molecule has 5 rings (SSSR count). The number of anilines is 2. The number of carbonyl (C=O) groups excluding carboxylic acids is 1. The number of aromatic nitrogens is 3. The molecule has 0 spiro atoms. The van der Waals surface area contributed by atoms with Gasteiger partial charge in [0.2, 0.25) is 0 Å². The fourth-order valence-electron chi connectivity index (χ4n) is 4.04. The number of halogens is 1. The second-order valence-corrected chi connectivity index (χ2v) is 7.98. The highest BCUT2D eigenvalue weighted by atomic mass is 19.1. The number of nitrogens with one attached hydrogen (secondary N) is 2. The molecular weight excluding hydrogens is 423 g/mol. The number of aromatic hydroxyl groups is 1. The average molecular weight is 446 g/mol. The monoisotopic (exact) mass is 446 g/mol. The van der Waals surface area contributed by atoms with Crippen LogP contribution in [0.1, 0.15) is 15.9 Å². The highest BCUT2D eigenvalue weighted by Crippen LogP contribution is 2.28. The van der Waals surface area contributed by atoms with Crippen molar-refractivity contribution in [3.63, 3.8) is 0 Å². The number of phenolic OH excluding ortho intramolecular Hbond substituents is 1. The maximum absolute atomic E-state index is 13.8. The maximum atomic E-state index is 13.8. The van der Waals surface area contributed by atoms with E-state index in [-0.39, 0.29) is 5.91 Å². The van der Waals surface area contributed by atoms with Crippen molar-refractivity contribution >= 4 is 23.1 Å². The van der Waals surface area contributed by atoms with Gasteiger partial charge in [-0.25, -0.2) is 14.4 Å². The van der Waals surface area contributed by atoms with Crippen LogP contribution >= 0.6 is 0 Å². The summed E-state index contributed by atoms with van der Waals surface area (Å²) in [5.41, 5.74) is 4.17. The number of nitrogens with zero attached hydrogens (tertiary/aromatic N) is 4. The van der Waals surface area contributed by atoms with E-state index in [4.69, 9.17) is 0 Å². The molecule has 33 heavy (non-hydrogen) atoms. The third-order valence-electron chi connectivity index (χ3n) is 5.80. The molecule has 1 aliphatic rings. The van der Waals surface area contributed by atoms with Crippen LogP contribution in [-0.4, -0.2) is 56.5 Å². The van der Waals surface area contributed by atoms with Gasteiger partial charge >= 0.3 is 0 Å². The molecule has 0 bridgehead atoms. The van der Waals surface area contributed by atoms with E-state index in [1.54, 1.807) is 29.1 Å². The fraction of sp³-hybridized carbons (Fsp3) is 0.208. The summed E-state index contributed by atoms with van der Waals surface area (Å²) in [7, 11) is 0. The molecule has 0 aliphatic carbocycles. The zero-order chi connectivity index (χ0) is 22.9. The number of aryl methyl sites for hydroxylation is 1. The van der Waals surface area contributed by atoms with Crippen molar-refractivity contribution in [2.45, 2.75) is 6.92 Å². The Balaban J connectivity index is 1.42. The van der Waals surface area contributed by atoms with Gasteiger partial charge in [-0.3, -0.25) is 9.20 Å². The summed E-state index contributed by atoms with van der Waals surface area (Å²) in [4.78, 5) is 23.6. The minimum Gasteiger partial charge on any atom is -0.505 e. The maximum Gasteiger partial charge on any atom is 0.254 e. The van der Waals surface area contributed by atoms with E-state index in [9.17, 15) is 14.3 Å². The van der Waals surface area contributed by atoms with Gasteiger partial charge in [-0.2, -0.15) is 0 Å². The number of hydrogen-bond donors (Lipinski definition) is 3. The zero-order valence-corrected chi connectivity index (χ0v) is 18.0. The molecule has 9 heteroatoms. The normalized spacial score (nSPS) is 13.9. The van der Waals surface area contributed by atoms with Gasteiger partial charge in [0.15, 0.2) is 23.0 Å². The number of fused-ring (bicyclic) bond motifs is 1. The summed E-state index contributed by atoms with van der Waals surface area (Å²) >= 11 is 0. The molecule has 4 aromatic rings. The molecular formula is C24H23FN6O2. The number of phenols is 1. The van der Waals surface area contributed by atoms with Crippen LogP contribution in [0.2, 0.25) is 0 Å². The molecule has 0 atom stereocenters. The molecule has 8 nitrogen and oxygen atoms in total. The van der Waals surface area contributed by atoms with Crippen molar-refractivity contribution in [1.82, 2.24) is 24.6 Å². The number of imidazole rings is 1. The Morgan fingerprint density at radius 2 is 1.97 bits per heavy atom. The van der Waals surface area contributed by atoms with Crippen LogP contribution in [0.5, 0.6) is 5.75 Å². The molecule has 3 N–H and O–H groups in total.